The molecule has 0 unspecified atom stereocenters. The minimum Gasteiger partial charge on any atom is -0.436 e. The van der Waals surface area contributed by atoms with Crippen molar-refractivity contribution in [2.45, 2.75) is 12.8 Å². The van der Waals surface area contributed by atoms with Gasteiger partial charge in [-0.25, -0.2) is 4.98 Å². The van der Waals surface area contributed by atoms with Crippen molar-refractivity contribution in [1.82, 2.24) is 4.98 Å². The number of halogens is 2. The van der Waals surface area contributed by atoms with Gasteiger partial charge in [-0.05, 0) is 65.7 Å². The number of hydrogen-bond donors (Lipinski definition) is 2. The maximum absolute atomic E-state index is 12.8. The first-order chi connectivity index (χ1) is 17.9. The molecule has 1 aromatic heterocycles. The molecule has 2 N–H and O–H groups in total. The predicted molar refractivity (Wildman–Crippen MR) is 147 cm³/mol. The van der Waals surface area contributed by atoms with Crippen LogP contribution in [0.5, 0.6) is 0 Å². The number of hydrogen-bond acceptors (Lipinski definition) is 4. The Morgan fingerprint density at radius 1 is 0.703 bits per heavy atom. The van der Waals surface area contributed by atoms with Crippen molar-refractivity contribution in [3.05, 3.63) is 112 Å². The summed E-state index contributed by atoms with van der Waals surface area (Å²) >= 11 is 11.9. The van der Waals surface area contributed by atoms with Gasteiger partial charge in [0.15, 0.2) is 5.58 Å². The summed E-state index contributed by atoms with van der Waals surface area (Å²) < 4.78 is 5.93. The lowest BCUT2D eigenvalue weighted by Gasteiger charge is -2.11. The van der Waals surface area contributed by atoms with E-state index in [1.54, 1.807) is 66.7 Å². The number of nitrogens with one attached hydrogen (secondary N) is 2. The zero-order valence-corrected chi connectivity index (χ0v) is 21.0. The van der Waals surface area contributed by atoms with E-state index in [0.717, 1.165) is 11.1 Å². The molecule has 0 spiro atoms. The van der Waals surface area contributed by atoms with Crippen LogP contribution in [0.25, 0.3) is 22.6 Å². The summed E-state index contributed by atoms with van der Waals surface area (Å²) in [7, 11) is 0. The lowest BCUT2D eigenvalue weighted by atomic mass is 10.1. The Kier molecular flexibility index (Phi) is 7.21. The number of fused-ring (bicyclic) bond motifs is 1. The Balaban J connectivity index is 1.41. The van der Waals surface area contributed by atoms with E-state index >= 15 is 0 Å². The van der Waals surface area contributed by atoms with Crippen LogP contribution in [0.2, 0.25) is 10.0 Å². The van der Waals surface area contributed by atoms with Gasteiger partial charge >= 0.3 is 0 Å². The quantitative estimate of drug-likeness (QED) is 0.234. The molecule has 0 saturated carbocycles. The number of nitrogens with zero attached hydrogens (tertiary/aromatic N) is 1. The lowest BCUT2D eigenvalue weighted by Crippen LogP contribution is -2.16. The Hall–Kier alpha value is -4.13. The molecular formula is C29H21Cl2N3O3. The van der Waals surface area contributed by atoms with Crippen molar-refractivity contribution in [2.75, 3.05) is 10.6 Å². The van der Waals surface area contributed by atoms with E-state index in [4.69, 9.17) is 27.6 Å². The van der Waals surface area contributed by atoms with E-state index in [-0.39, 0.29) is 24.7 Å². The van der Waals surface area contributed by atoms with Crippen molar-refractivity contribution >= 4 is 57.5 Å². The molecule has 8 heteroatoms. The van der Waals surface area contributed by atoms with Gasteiger partial charge in [-0.2, -0.15) is 0 Å². The van der Waals surface area contributed by atoms with E-state index in [1.165, 1.54) is 0 Å². The Morgan fingerprint density at radius 3 is 1.73 bits per heavy atom. The monoisotopic (exact) mass is 529 g/mol. The van der Waals surface area contributed by atoms with E-state index in [0.29, 0.717) is 44.0 Å². The summed E-state index contributed by atoms with van der Waals surface area (Å²) in [5.41, 5.74) is 4.62. The zero-order chi connectivity index (χ0) is 25.8. The van der Waals surface area contributed by atoms with Crippen LogP contribution in [0.1, 0.15) is 11.1 Å². The van der Waals surface area contributed by atoms with Crippen LogP contribution < -0.4 is 10.6 Å². The third-order valence-corrected chi connectivity index (χ3v) is 6.10. The highest BCUT2D eigenvalue weighted by Gasteiger charge is 2.14. The van der Waals surface area contributed by atoms with Gasteiger partial charge in [-0.3, -0.25) is 9.59 Å². The Labute approximate surface area is 223 Å². The minimum absolute atomic E-state index is 0.169. The molecule has 0 fully saturated rings. The molecule has 0 radical (unpaired) electrons. The van der Waals surface area contributed by atoms with Gasteiger partial charge in [0.25, 0.3) is 0 Å². The molecular weight excluding hydrogens is 509 g/mol. The number of benzene rings is 4. The van der Waals surface area contributed by atoms with E-state index in [2.05, 4.69) is 15.6 Å². The zero-order valence-electron chi connectivity index (χ0n) is 19.5. The van der Waals surface area contributed by atoms with Gasteiger partial charge in [0.2, 0.25) is 17.7 Å². The standard InChI is InChI=1S/C29H21Cl2N3O3/c30-21-9-5-18(6-10-21)13-27(35)32-23-15-20(29-34-25-3-1-2-4-26(25)37-29)16-24(17-23)33-28(36)14-19-7-11-22(31)12-8-19/h1-12,15-17H,13-14H2,(H,32,35)(H,33,36). The number of aromatic nitrogens is 1. The van der Waals surface area contributed by atoms with Crippen LogP contribution in [0.3, 0.4) is 0 Å². The van der Waals surface area contributed by atoms with Crippen LogP contribution in [0.15, 0.2) is 95.4 Å². The number of carbonyl (C=O) groups excluding carboxylic acids is 2. The summed E-state index contributed by atoms with van der Waals surface area (Å²) in [6.07, 6.45) is 0.338. The molecule has 184 valence electrons. The second kappa shape index (κ2) is 10.9. The van der Waals surface area contributed by atoms with Gasteiger partial charge in [-0.15, -0.1) is 0 Å². The second-order valence-electron chi connectivity index (χ2n) is 8.49. The highest BCUT2D eigenvalue weighted by Crippen LogP contribution is 2.30. The summed E-state index contributed by atoms with van der Waals surface area (Å²) in [6, 6.07) is 26.9. The van der Waals surface area contributed by atoms with Crippen molar-refractivity contribution in [3.63, 3.8) is 0 Å². The third-order valence-electron chi connectivity index (χ3n) is 5.60. The highest BCUT2D eigenvalue weighted by molar-refractivity contribution is 6.30. The summed E-state index contributed by atoms with van der Waals surface area (Å²) in [4.78, 5) is 30.1. The molecule has 0 aliphatic heterocycles. The molecule has 0 aliphatic rings. The maximum atomic E-state index is 12.8. The molecule has 0 atom stereocenters. The van der Waals surface area contributed by atoms with Crippen molar-refractivity contribution in [2.24, 2.45) is 0 Å². The Morgan fingerprint density at radius 2 is 1.22 bits per heavy atom. The van der Waals surface area contributed by atoms with Crippen molar-refractivity contribution in [1.29, 1.82) is 0 Å². The van der Waals surface area contributed by atoms with Crippen LogP contribution >= 0.6 is 23.2 Å². The van der Waals surface area contributed by atoms with Crippen molar-refractivity contribution < 1.29 is 14.0 Å². The normalized spacial score (nSPS) is 10.9. The van der Waals surface area contributed by atoms with E-state index in [1.807, 2.05) is 24.3 Å². The summed E-state index contributed by atoms with van der Waals surface area (Å²) in [5.74, 6) is -0.0471. The molecule has 6 nitrogen and oxygen atoms in total. The lowest BCUT2D eigenvalue weighted by molar-refractivity contribution is -0.116. The maximum Gasteiger partial charge on any atom is 0.228 e. The number of amides is 2. The average molecular weight is 530 g/mol. The first-order valence-electron chi connectivity index (χ1n) is 11.5. The molecule has 5 rings (SSSR count). The number of carbonyl (C=O) groups is 2. The van der Waals surface area contributed by atoms with Crippen LogP contribution in [-0.2, 0) is 22.4 Å². The van der Waals surface area contributed by atoms with Crippen LogP contribution in [0, 0.1) is 0 Å². The van der Waals surface area contributed by atoms with E-state index in [9.17, 15) is 9.59 Å². The van der Waals surface area contributed by atoms with Crippen molar-refractivity contribution in [3.8, 4) is 11.5 Å². The van der Waals surface area contributed by atoms with Gasteiger partial charge in [0, 0.05) is 27.0 Å². The van der Waals surface area contributed by atoms with Gasteiger partial charge in [0.05, 0.1) is 12.8 Å². The first kappa shape index (κ1) is 24.6. The third kappa shape index (κ3) is 6.36. The second-order valence-corrected chi connectivity index (χ2v) is 9.36. The van der Waals surface area contributed by atoms with E-state index < -0.39 is 0 Å². The average Bonchev–Trinajstić information content (AvgIpc) is 3.31. The number of rotatable bonds is 7. The summed E-state index contributed by atoms with van der Waals surface area (Å²) in [6.45, 7) is 0. The molecule has 1 heterocycles. The fourth-order valence-electron chi connectivity index (χ4n) is 3.88. The SMILES string of the molecule is O=C(Cc1ccc(Cl)cc1)Nc1cc(NC(=O)Cc2ccc(Cl)cc2)cc(-c2nc3ccccc3o2)c1. The molecule has 37 heavy (non-hydrogen) atoms. The van der Waals surface area contributed by atoms with Crippen LogP contribution in [0.4, 0.5) is 11.4 Å². The number of oxazole rings is 1. The van der Waals surface area contributed by atoms with Gasteiger partial charge in [0.1, 0.15) is 5.52 Å². The van der Waals surface area contributed by atoms with Gasteiger partial charge < -0.3 is 15.1 Å². The topological polar surface area (TPSA) is 84.2 Å². The first-order valence-corrected chi connectivity index (χ1v) is 12.3. The molecule has 0 bridgehead atoms. The fraction of sp³-hybridized carbons (Fsp3) is 0.0690. The Bertz CT molecular complexity index is 1470. The van der Waals surface area contributed by atoms with Crippen LogP contribution in [-0.4, -0.2) is 16.8 Å². The molecule has 0 aliphatic carbocycles. The molecule has 4 aromatic carbocycles. The molecule has 2 amide bonds. The minimum atomic E-state index is -0.213. The largest absolute Gasteiger partial charge is 0.436 e. The van der Waals surface area contributed by atoms with Gasteiger partial charge in [-0.1, -0.05) is 59.6 Å². The molecule has 5 aromatic rings. The highest BCUT2D eigenvalue weighted by atomic mass is 35.5. The number of anilines is 2. The summed E-state index contributed by atoms with van der Waals surface area (Å²) in [5, 5.41) is 7.03. The smallest absolute Gasteiger partial charge is 0.228 e. The number of para-hydroxylation sites is 2. The molecule has 0 saturated heterocycles. The predicted octanol–water partition coefficient (Wildman–Crippen LogP) is 7.16. The fourth-order valence-corrected chi connectivity index (χ4v) is 4.13.